The minimum Gasteiger partial charge on any atom is -0.299 e. The zero-order chi connectivity index (χ0) is 14.5. The summed E-state index contributed by atoms with van der Waals surface area (Å²) in [5.74, 6) is 2.48. The second-order valence-corrected chi connectivity index (χ2v) is 6.91. The molecule has 1 atom stereocenters. The van der Waals surface area contributed by atoms with E-state index in [-0.39, 0.29) is 0 Å². The highest BCUT2D eigenvalue weighted by Crippen LogP contribution is 2.26. The first-order valence-corrected chi connectivity index (χ1v) is 8.41. The Hall–Kier alpha value is -0.820. The van der Waals surface area contributed by atoms with Gasteiger partial charge in [-0.3, -0.25) is 4.90 Å². The standard InChI is InChI=1S/C19H31N/c1-5-16(4)19-8-6-7-17(13-19)14-20-11-9-18(10-12-20)15(2)3/h6-8,13,15-16,18H,5,9-12,14H2,1-4H3. The molecule has 1 nitrogen and oxygen atoms in total. The molecule has 0 aromatic heterocycles. The number of likely N-dealkylation sites (tertiary alicyclic amines) is 1. The topological polar surface area (TPSA) is 3.24 Å². The van der Waals surface area contributed by atoms with Gasteiger partial charge in [-0.15, -0.1) is 0 Å². The molecule has 0 amide bonds. The molecule has 1 aromatic carbocycles. The minimum absolute atomic E-state index is 0.682. The SMILES string of the molecule is CCC(C)c1cccc(CN2CCC(C(C)C)CC2)c1. The van der Waals surface area contributed by atoms with Crippen molar-refractivity contribution in [2.45, 2.75) is 59.4 Å². The fourth-order valence-corrected chi connectivity index (χ4v) is 3.27. The Kier molecular flexibility index (Phi) is 5.65. The first-order valence-electron chi connectivity index (χ1n) is 8.41. The highest BCUT2D eigenvalue weighted by atomic mass is 15.1. The van der Waals surface area contributed by atoms with E-state index < -0.39 is 0 Å². The van der Waals surface area contributed by atoms with E-state index >= 15 is 0 Å². The molecule has 0 spiro atoms. The number of rotatable bonds is 5. The summed E-state index contributed by atoms with van der Waals surface area (Å²) in [5, 5.41) is 0. The van der Waals surface area contributed by atoms with Gasteiger partial charge in [0.2, 0.25) is 0 Å². The molecular weight excluding hydrogens is 242 g/mol. The van der Waals surface area contributed by atoms with Crippen LogP contribution in [0.1, 0.15) is 64.0 Å². The molecular formula is C19H31N. The largest absolute Gasteiger partial charge is 0.299 e. The number of benzene rings is 1. The molecule has 20 heavy (non-hydrogen) atoms. The van der Waals surface area contributed by atoms with Crippen LogP contribution in [0.25, 0.3) is 0 Å². The van der Waals surface area contributed by atoms with E-state index in [1.54, 1.807) is 0 Å². The van der Waals surface area contributed by atoms with Gasteiger partial charge < -0.3 is 0 Å². The van der Waals surface area contributed by atoms with Crippen molar-refractivity contribution in [2.75, 3.05) is 13.1 Å². The van der Waals surface area contributed by atoms with E-state index in [2.05, 4.69) is 56.9 Å². The summed E-state index contributed by atoms with van der Waals surface area (Å²) in [5.41, 5.74) is 2.99. The molecule has 2 rings (SSSR count). The number of hydrogen-bond donors (Lipinski definition) is 0. The van der Waals surface area contributed by atoms with E-state index in [0.717, 1.165) is 18.4 Å². The first-order chi connectivity index (χ1) is 9.60. The maximum absolute atomic E-state index is 2.63. The van der Waals surface area contributed by atoms with Crippen molar-refractivity contribution in [1.29, 1.82) is 0 Å². The Labute approximate surface area is 125 Å². The van der Waals surface area contributed by atoms with Gasteiger partial charge in [-0.2, -0.15) is 0 Å². The van der Waals surface area contributed by atoms with Gasteiger partial charge >= 0.3 is 0 Å². The highest BCUT2D eigenvalue weighted by Gasteiger charge is 2.21. The summed E-state index contributed by atoms with van der Waals surface area (Å²) < 4.78 is 0. The Morgan fingerprint density at radius 1 is 1.15 bits per heavy atom. The summed E-state index contributed by atoms with van der Waals surface area (Å²) in [6.45, 7) is 13.0. The lowest BCUT2D eigenvalue weighted by Gasteiger charge is -2.34. The average molecular weight is 273 g/mol. The van der Waals surface area contributed by atoms with Crippen LogP contribution in [0.3, 0.4) is 0 Å². The lowest BCUT2D eigenvalue weighted by molar-refractivity contribution is 0.152. The molecule has 1 fully saturated rings. The van der Waals surface area contributed by atoms with Gasteiger partial charge in [0.15, 0.2) is 0 Å². The van der Waals surface area contributed by atoms with Gasteiger partial charge in [0.25, 0.3) is 0 Å². The molecule has 1 unspecified atom stereocenters. The van der Waals surface area contributed by atoms with Crippen LogP contribution in [-0.2, 0) is 6.54 Å². The zero-order valence-corrected chi connectivity index (χ0v) is 13.7. The predicted octanol–water partition coefficient (Wildman–Crippen LogP) is 5.07. The van der Waals surface area contributed by atoms with Crippen molar-refractivity contribution in [3.8, 4) is 0 Å². The smallest absolute Gasteiger partial charge is 0.0233 e. The third-order valence-electron chi connectivity index (χ3n) is 5.11. The van der Waals surface area contributed by atoms with Crippen molar-refractivity contribution in [2.24, 2.45) is 11.8 Å². The molecule has 0 N–H and O–H groups in total. The lowest BCUT2D eigenvalue weighted by Crippen LogP contribution is -2.34. The van der Waals surface area contributed by atoms with Crippen molar-refractivity contribution < 1.29 is 0 Å². The summed E-state index contributed by atoms with van der Waals surface area (Å²) in [6.07, 6.45) is 3.98. The van der Waals surface area contributed by atoms with Crippen molar-refractivity contribution >= 4 is 0 Å². The molecule has 1 saturated heterocycles. The highest BCUT2D eigenvalue weighted by molar-refractivity contribution is 5.26. The fourth-order valence-electron chi connectivity index (χ4n) is 3.27. The summed E-state index contributed by atoms with van der Waals surface area (Å²) in [6, 6.07) is 9.23. The third kappa shape index (κ3) is 4.09. The van der Waals surface area contributed by atoms with Crippen LogP contribution < -0.4 is 0 Å². The summed E-state index contributed by atoms with van der Waals surface area (Å²) >= 11 is 0. The van der Waals surface area contributed by atoms with Crippen molar-refractivity contribution in [1.82, 2.24) is 4.90 Å². The van der Waals surface area contributed by atoms with Crippen LogP contribution in [0.15, 0.2) is 24.3 Å². The molecule has 0 saturated carbocycles. The molecule has 1 aromatic rings. The fraction of sp³-hybridized carbons (Fsp3) is 0.684. The number of hydrogen-bond acceptors (Lipinski definition) is 1. The van der Waals surface area contributed by atoms with Gasteiger partial charge in [-0.25, -0.2) is 0 Å². The molecule has 0 bridgehead atoms. The van der Waals surface area contributed by atoms with E-state index in [9.17, 15) is 0 Å². The predicted molar refractivity (Wildman–Crippen MR) is 88.0 cm³/mol. The normalized spacial score (nSPS) is 19.4. The molecule has 1 aliphatic rings. The van der Waals surface area contributed by atoms with Crippen LogP contribution in [0.5, 0.6) is 0 Å². The Morgan fingerprint density at radius 2 is 1.85 bits per heavy atom. The quantitative estimate of drug-likeness (QED) is 0.724. The Bertz CT molecular complexity index is 402. The Morgan fingerprint density at radius 3 is 2.45 bits per heavy atom. The van der Waals surface area contributed by atoms with Gasteiger partial charge in [-0.05, 0) is 61.2 Å². The van der Waals surface area contributed by atoms with E-state index in [0.29, 0.717) is 5.92 Å². The van der Waals surface area contributed by atoms with Gasteiger partial charge in [0, 0.05) is 6.54 Å². The summed E-state index contributed by atoms with van der Waals surface area (Å²) in [4.78, 5) is 2.63. The molecule has 1 aliphatic heterocycles. The van der Waals surface area contributed by atoms with E-state index in [4.69, 9.17) is 0 Å². The molecule has 112 valence electrons. The van der Waals surface area contributed by atoms with Crippen molar-refractivity contribution in [3.05, 3.63) is 35.4 Å². The number of piperidine rings is 1. The van der Waals surface area contributed by atoms with Crippen LogP contribution >= 0.6 is 0 Å². The Balaban J connectivity index is 1.91. The molecule has 0 radical (unpaired) electrons. The molecule has 0 aliphatic carbocycles. The third-order valence-corrected chi connectivity index (χ3v) is 5.11. The first kappa shape index (κ1) is 15.6. The average Bonchev–Trinajstić information content (AvgIpc) is 2.47. The van der Waals surface area contributed by atoms with Gasteiger partial charge in [0.1, 0.15) is 0 Å². The van der Waals surface area contributed by atoms with Crippen LogP contribution in [0.4, 0.5) is 0 Å². The van der Waals surface area contributed by atoms with Gasteiger partial charge in [0.05, 0.1) is 0 Å². The molecule has 1 heterocycles. The van der Waals surface area contributed by atoms with Crippen LogP contribution in [0, 0.1) is 11.8 Å². The summed E-state index contributed by atoms with van der Waals surface area (Å²) in [7, 11) is 0. The maximum atomic E-state index is 2.63. The maximum Gasteiger partial charge on any atom is 0.0233 e. The monoisotopic (exact) mass is 273 g/mol. The second-order valence-electron chi connectivity index (χ2n) is 6.91. The second kappa shape index (κ2) is 7.26. The van der Waals surface area contributed by atoms with Crippen LogP contribution in [-0.4, -0.2) is 18.0 Å². The van der Waals surface area contributed by atoms with Crippen LogP contribution in [0.2, 0.25) is 0 Å². The minimum atomic E-state index is 0.682. The van der Waals surface area contributed by atoms with E-state index in [1.165, 1.54) is 43.5 Å². The van der Waals surface area contributed by atoms with E-state index in [1.807, 2.05) is 0 Å². The molecule has 1 heteroatoms. The lowest BCUT2D eigenvalue weighted by atomic mass is 9.86. The van der Waals surface area contributed by atoms with Gasteiger partial charge in [-0.1, -0.05) is 52.0 Å². The number of nitrogens with zero attached hydrogens (tertiary/aromatic N) is 1. The zero-order valence-electron chi connectivity index (χ0n) is 13.7. The van der Waals surface area contributed by atoms with Crippen molar-refractivity contribution in [3.63, 3.8) is 0 Å².